The molecule has 1 aromatic carbocycles. The number of nitrogens with one attached hydrogen (secondary N) is 2. The molecule has 2 amide bonds. The standard InChI is InChI=1S/C23H20N6O2S2/c1-14-22(33-23(25-14)16-5-4-10-24-12-16)19-8-9-21(29-28-19)32-13-20(31)27-18-7-3-6-17(11-18)26-15(2)30/h3-12H,13H2,1-2H3,(H,26,30)(H,27,31). The van der Waals surface area contributed by atoms with Gasteiger partial charge in [0.1, 0.15) is 15.7 Å². The number of benzene rings is 1. The summed E-state index contributed by atoms with van der Waals surface area (Å²) in [6.45, 7) is 3.38. The second kappa shape index (κ2) is 10.3. The van der Waals surface area contributed by atoms with Crippen molar-refractivity contribution in [3.63, 3.8) is 0 Å². The van der Waals surface area contributed by atoms with E-state index in [4.69, 9.17) is 0 Å². The molecule has 2 N–H and O–H groups in total. The van der Waals surface area contributed by atoms with Gasteiger partial charge in [-0.05, 0) is 49.4 Å². The first-order valence-electron chi connectivity index (χ1n) is 10.00. The second-order valence-corrected chi connectivity index (χ2v) is 9.03. The maximum atomic E-state index is 12.3. The third-order valence-electron chi connectivity index (χ3n) is 4.40. The number of carbonyl (C=O) groups is 2. The van der Waals surface area contributed by atoms with Crippen molar-refractivity contribution in [1.29, 1.82) is 0 Å². The molecule has 0 fully saturated rings. The third-order valence-corrected chi connectivity index (χ3v) is 6.54. The number of nitrogens with zero attached hydrogens (tertiary/aromatic N) is 4. The van der Waals surface area contributed by atoms with Gasteiger partial charge in [0.25, 0.3) is 0 Å². The molecular weight excluding hydrogens is 456 g/mol. The molecule has 166 valence electrons. The summed E-state index contributed by atoms with van der Waals surface area (Å²) in [5.41, 5.74) is 3.82. The monoisotopic (exact) mass is 476 g/mol. The van der Waals surface area contributed by atoms with Crippen LogP contribution >= 0.6 is 23.1 Å². The molecule has 3 heterocycles. The minimum atomic E-state index is -0.176. The van der Waals surface area contributed by atoms with E-state index in [1.54, 1.807) is 48.0 Å². The van der Waals surface area contributed by atoms with E-state index >= 15 is 0 Å². The van der Waals surface area contributed by atoms with Crippen LogP contribution in [0.2, 0.25) is 0 Å². The first kappa shape index (κ1) is 22.6. The molecule has 4 rings (SSSR count). The molecule has 0 aliphatic rings. The van der Waals surface area contributed by atoms with E-state index in [1.165, 1.54) is 18.7 Å². The fourth-order valence-electron chi connectivity index (χ4n) is 2.98. The molecule has 0 saturated heterocycles. The van der Waals surface area contributed by atoms with Crippen LogP contribution in [0, 0.1) is 6.92 Å². The van der Waals surface area contributed by atoms with Crippen molar-refractivity contribution in [2.45, 2.75) is 18.9 Å². The first-order chi connectivity index (χ1) is 16.0. The molecule has 4 aromatic rings. The Morgan fingerprint density at radius 2 is 1.85 bits per heavy atom. The Hall–Kier alpha value is -3.63. The maximum Gasteiger partial charge on any atom is 0.234 e. The van der Waals surface area contributed by atoms with Crippen LogP contribution in [0.5, 0.6) is 0 Å². The number of hydrogen-bond donors (Lipinski definition) is 2. The van der Waals surface area contributed by atoms with Gasteiger partial charge in [0.2, 0.25) is 11.8 Å². The van der Waals surface area contributed by atoms with Gasteiger partial charge in [0, 0.05) is 36.3 Å². The molecule has 33 heavy (non-hydrogen) atoms. The second-order valence-electron chi connectivity index (χ2n) is 7.03. The number of amides is 2. The summed E-state index contributed by atoms with van der Waals surface area (Å²) in [5, 5.41) is 15.6. The lowest BCUT2D eigenvalue weighted by Crippen LogP contribution is -2.14. The number of thioether (sulfide) groups is 1. The van der Waals surface area contributed by atoms with Crippen molar-refractivity contribution in [3.05, 3.63) is 66.6 Å². The molecule has 0 spiro atoms. The van der Waals surface area contributed by atoms with Crippen LogP contribution in [0.4, 0.5) is 11.4 Å². The Balaban J connectivity index is 1.36. The first-order valence-corrected chi connectivity index (χ1v) is 11.8. The number of carbonyl (C=O) groups excluding carboxylic acids is 2. The fourth-order valence-corrected chi connectivity index (χ4v) is 4.61. The van der Waals surface area contributed by atoms with Crippen molar-refractivity contribution in [1.82, 2.24) is 20.2 Å². The zero-order chi connectivity index (χ0) is 23.2. The van der Waals surface area contributed by atoms with Crippen LogP contribution in [0.15, 0.2) is 66.0 Å². The van der Waals surface area contributed by atoms with Gasteiger partial charge in [-0.1, -0.05) is 17.8 Å². The smallest absolute Gasteiger partial charge is 0.234 e. The summed E-state index contributed by atoms with van der Waals surface area (Å²) in [6.07, 6.45) is 3.52. The molecule has 0 bridgehead atoms. The van der Waals surface area contributed by atoms with E-state index < -0.39 is 0 Å². The van der Waals surface area contributed by atoms with Crippen molar-refractivity contribution in [3.8, 4) is 21.1 Å². The molecule has 0 atom stereocenters. The highest BCUT2D eigenvalue weighted by Crippen LogP contribution is 2.34. The van der Waals surface area contributed by atoms with E-state index in [0.29, 0.717) is 16.4 Å². The van der Waals surface area contributed by atoms with Crippen LogP contribution in [-0.4, -0.2) is 37.7 Å². The topological polar surface area (TPSA) is 110 Å². The lowest BCUT2D eigenvalue weighted by molar-refractivity contribution is -0.114. The molecule has 10 heteroatoms. The van der Waals surface area contributed by atoms with Crippen molar-refractivity contribution in [2.75, 3.05) is 16.4 Å². The minimum absolute atomic E-state index is 0.169. The third kappa shape index (κ3) is 5.99. The summed E-state index contributed by atoms with van der Waals surface area (Å²) >= 11 is 2.84. The van der Waals surface area contributed by atoms with Crippen molar-refractivity contribution < 1.29 is 9.59 Å². The van der Waals surface area contributed by atoms with E-state index in [9.17, 15) is 9.59 Å². The number of anilines is 2. The minimum Gasteiger partial charge on any atom is -0.326 e. The lowest BCUT2D eigenvalue weighted by atomic mass is 10.2. The predicted molar refractivity (Wildman–Crippen MR) is 131 cm³/mol. The molecule has 0 saturated carbocycles. The molecule has 0 unspecified atom stereocenters. The average Bonchev–Trinajstić information content (AvgIpc) is 3.20. The summed E-state index contributed by atoms with van der Waals surface area (Å²) < 4.78 is 0. The average molecular weight is 477 g/mol. The van der Waals surface area contributed by atoms with Gasteiger partial charge in [-0.2, -0.15) is 0 Å². The van der Waals surface area contributed by atoms with Gasteiger partial charge >= 0.3 is 0 Å². The molecule has 8 nitrogen and oxygen atoms in total. The Morgan fingerprint density at radius 3 is 2.55 bits per heavy atom. The zero-order valence-electron chi connectivity index (χ0n) is 17.9. The maximum absolute atomic E-state index is 12.3. The molecule has 3 aromatic heterocycles. The molecule has 0 aliphatic carbocycles. The van der Waals surface area contributed by atoms with E-state index in [1.807, 2.05) is 31.2 Å². The zero-order valence-corrected chi connectivity index (χ0v) is 19.5. The number of rotatable bonds is 7. The van der Waals surface area contributed by atoms with Gasteiger partial charge in [-0.3, -0.25) is 14.6 Å². The number of aryl methyl sites for hydroxylation is 1. The van der Waals surface area contributed by atoms with Crippen LogP contribution in [0.3, 0.4) is 0 Å². The number of hydrogen-bond acceptors (Lipinski definition) is 8. The van der Waals surface area contributed by atoms with Crippen LogP contribution < -0.4 is 10.6 Å². The van der Waals surface area contributed by atoms with E-state index in [-0.39, 0.29) is 17.6 Å². The van der Waals surface area contributed by atoms with Crippen molar-refractivity contribution in [2.24, 2.45) is 0 Å². The Morgan fingerprint density at radius 1 is 1.03 bits per heavy atom. The summed E-state index contributed by atoms with van der Waals surface area (Å²) in [6, 6.07) is 14.6. The lowest BCUT2D eigenvalue weighted by Gasteiger charge is -2.07. The van der Waals surface area contributed by atoms with Crippen LogP contribution in [0.25, 0.3) is 21.1 Å². The van der Waals surface area contributed by atoms with E-state index in [2.05, 4.69) is 30.8 Å². The van der Waals surface area contributed by atoms with Gasteiger partial charge in [0.05, 0.1) is 16.3 Å². The fraction of sp³-hybridized carbons (Fsp3) is 0.130. The van der Waals surface area contributed by atoms with Gasteiger partial charge in [0.15, 0.2) is 0 Å². The summed E-state index contributed by atoms with van der Waals surface area (Å²) in [7, 11) is 0. The Kier molecular flexibility index (Phi) is 7.06. The number of pyridine rings is 1. The highest BCUT2D eigenvalue weighted by Gasteiger charge is 2.13. The Labute approximate surface area is 198 Å². The largest absolute Gasteiger partial charge is 0.326 e. The normalized spacial score (nSPS) is 10.6. The van der Waals surface area contributed by atoms with E-state index in [0.717, 1.165) is 26.8 Å². The summed E-state index contributed by atoms with van der Waals surface area (Å²) in [4.78, 5) is 33.2. The summed E-state index contributed by atoms with van der Waals surface area (Å²) in [5.74, 6) is -0.161. The highest BCUT2D eigenvalue weighted by atomic mass is 32.2. The Bertz CT molecular complexity index is 1280. The highest BCUT2D eigenvalue weighted by molar-refractivity contribution is 7.99. The van der Waals surface area contributed by atoms with Crippen LogP contribution in [-0.2, 0) is 9.59 Å². The SMILES string of the molecule is CC(=O)Nc1cccc(NC(=O)CSc2ccc(-c3sc(-c4cccnc4)nc3C)nn2)c1. The number of aromatic nitrogens is 4. The van der Waals surface area contributed by atoms with Crippen LogP contribution in [0.1, 0.15) is 12.6 Å². The van der Waals surface area contributed by atoms with Gasteiger partial charge in [-0.25, -0.2) is 4.98 Å². The quantitative estimate of drug-likeness (QED) is 0.373. The van der Waals surface area contributed by atoms with Gasteiger partial charge < -0.3 is 10.6 Å². The molecule has 0 aliphatic heterocycles. The number of thiazole rings is 1. The van der Waals surface area contributed by atoms with Crippen molar-refractivity contribution >= 4 is 46.3 Å². The predicted octanol–water partition coefficient (Wildman–Crippen LogP) is 4.66. The molecular formula is C23H20N6O2S2. The molecule has 0 radical (unpaired) electrons. The van der Waals surface area contributed by atoms with Gasteiger partial charge in [-0.15, -0.1) is 21.5 Å².